The van der Waals surface area contributed by atoms with E-state index >= 15 is 0 Å². The summed E-state index contributed by atoms with van der Waals surface area (Å²) < 4.78 is 44.6. The van der Waals surface area contributed by atoms with Crippen LogP contribution in [-0.4, -0.2) is 40.8 Å². The molecule has 1 aliphatic rings. The maximum atomic E-state index is 13.5. The van der Waals surface area contributed by atoms with Crippen molar-refractivity contribution in [1.82, 2.24) is 0 Å². The first-order valence-electron chi connectivity index (χ1n) is 8.27. The molecule has 7 nitrogen and oxygen atoms in total. The Morgan fingerprint density at radius 2 is 2.07 bits per heavy atom. The Balaban J connectivity index is 2.14. The summed E-state index contributed by atoms with van der Waals surface area (Å²) >= 11 is 9.35. The molecule has 0 bridgehead atoms. The van der Waals surface area contributed by atoms with E-state index in [0.717, 1.165) is 4.31 Å². The van der Waals surface area contributed by atoms with Crippen LogP contribution in [0.3, 0.4) is 0 Å². The molecule has 0 aromatic heterocycles. The quantitative estimate of drug-likeness (QED) is 0.595. The summed E-state index contributed by atoms with van der Waals surface area (Å²) in [6.07, 6.45) is -1.10. The number of rotatable bonds is 5. The van der Waals surface area contributed by atoms with E-state index in [-0.39, 0.29) is 40.3 Å². The molecule has 0 fully saturated rings. The van der Waals surface area contributed by atoms with Gasteiger partial charge in [-0.15, -0.1) is 0 Å². The second-order valence-corrected chi connectivity index (χ2v) is 8.98. The van der Waals surface area contributed by atoms with Gasteiger partial charge >= 0.3 is 5.97 Å². The molecular formula is C18H17BrClNO6S. The molecule has 28 heavy (non-hydrogen) atoms. The minimum atomic E-state index is -4.12. The lowest BCUT2D eigenvalue weighted by molar-refractivity contribution is -0.151. The van der Waals surface area contributed by atoms with Crippen LogP contribution in [0.2, 0.25) is 5.02 Å². The Labute approximate surface area is 176 Å². The van der Waals surface area contributed by atoms with E-state index in [2.05, 4.69) is 15.9 Å². The van der Waals surface area contributed by atoms with Gasteiger partial charge in [0.1, 0.15) is 16.4 Å². The molecule has 1 heterocycles. The van der Waals surface area contributed by atoms with Gasteiger partial charge in [-0.3, -0.25) is 4.31 Å². The lowest BCUT2D eigenvalue weighted by Crippen LogP contribution is -2.47. The standard InChI is InChI=1S/C18H17BrClNO6S/c1-3-26-18(22)16-10-21(13-8-11(19)4-6-14(13)27-16)28(23,24)17-9-12(20)5-7-15(17)25-2/h4-9,16H,3,10H2,1-2H3. The zero-order chi connectivity index (χ0) is 20.5. The van der Waals surface area contributed by atoms with Crippen molar-refractivity contribution in [3.05, 3.63) is 45.9 Å². The van der Waals surface area contributed by atoms with Crippen LogP contribution >= 0.6 is 27.5 Å². The van der Waals surface area contributed by atoms with Gasteiger partial charge < -0.3 is 14.2 Å². The summed E-state index contributed by atoms with van der Waals surface area (Å²) in [5, 5.41) is 0.240. The number of hydrogen-bond donors (Lipinski definition) is 0. The summed E-state index contributed by atoms with van der Waals surface area (Å²) in [6.45, 7) is 1.57. The number of anilines is 1. The Morgan fingerprint density at radius 3 is 2.75 bits per heavy atom. The van der Waals surface area contributed by atoms with Crippen LogP contribution in [-0.2, 0) is 19.6 Å². The van der Waals surface area contributed by atoms with Crippen molar-refractivity contribution < 1.29 is 27.4 Å². The largest absolute Gasteiger partial charge is 0.495 e. The van der Waals surface area contributed by atoms with Crippen LogP contribution in [0.5, 0.6) is 11.5 Å². The molecular weight excluding hydrogens is 474 g/mol. The summed E-state index contributed by atoms with van der Waals surface area (Å²) in [7, 11) is -2.75. The Hall–Kier alpha value is -1.97. The number of carbonyl (C=O) groups is 1. The molecule has 0 amide bonds. The molecule has 0 saturated heterocycles. The first-order valence-corrected chi connectivity index (χ1v) is 10.9. The highest BCUT2D eigenvalue weighted by molar-refractivity contribution is 9.10. The monoisotopic (exact) mass is 489 g/mol. The highest BCUT2D eigenvalue weighted by Gasteiger charge is 2.39. The SMILES string of the molecule is CCOC(=O)C1CN(S(=O)(=O)c2cc(Cl)ccc2OC)c2cc(Br)ccc2O1. The molecule has 2 aromatic carbocycles. The molecule has 0 saturated carbocycles. The fourth-order valence-corrected chi connectivity index (χ4v) is 5.02. The highest BCUT2D eigenvalue weighted by atomic mass is 79.9. The van der Waals surface area contributed by atoms with E-state index in [9.17, 15) is 13.2 Å². The molecule has 0 aliphatic carbocycles. The number of esters is 1. The maximum absolute atomic E-state index is 13.5. The van der Waals surface area contributed by atoms with Crippen LogP contribution < -0.4 is 13.8 Å². The minimum Gasteiger partial charge on any atom is -0.495 e. The molecule has 150 valence electrons. The highest BCUT2D eigenvalue weighted by Crippen LogP contribution is 2.41. The molecule has 0 N–H and O–H groups in total. The zero-order valence-electron chi connectivity index (χ0n) is 15.0. The predicted molar refractivity (Wildman–Crippen MR) is 108 cm³/mol. The van der Waals surface area contributed by atoms with E-state index in [0.29, 0.717) is 4.47 Å². The number of ether oxygens (including phenoxy) is 3. The van der Waals surface area contributed by atoms with Crippen LogP contribution in [0.4, 0.5) is 5.69 Å². The third-order valence-corrected chi connectivity index (χ3v) is 6.56. The normalized spacial score (nSPS) is 16.1. The van der Waals surface area contributed by atoms with Crippen molar-refractivity contribution in [3.8, 4) is 11.5 Å². The van der Waals surface area contributed by atoms with Crippen molar-refractivity contribution in [1.29, 1.82) is 0 Å². The van der Waals surface area contributed by atoms with Crippen LogP contribution in [0, 0.1) is 0 Å². The molecule has 0 spiro atoms. The van der Waals surface area contributed by atoms with E-state index in [4.69, 9.17) is 25.8 Å². The van der Waals surface area contributed by atoms with E-state index in [1.807, 2.05) is 0 Å². The van der Waals surface area contributed by atoms with E-state index in [1.54, 1.807) is 25.1 Å². The van der Waals surface area contributed by atoms with Gasteiger partial charge in [0.2, 0.25) is 6.10 Å². The number of methoxy groups -OCH3 is 1. The first kappa shape index (κ1) is 20.8. The molecule has 1 atom stereocenters. The smallest absolute Gasteiger partial charge is 0.349 e. The fourth-order valence-electron chi connectivity index (χ4n) is 2.78. The van der Waals surface area contributed by atoms with Gasteiger partial charge in [0.05, 0.1) is 25.9 Å². The van der Waals surface area contributed by atoms with Gasteiger partial charge in [-0.25, -0.2) is 13.2 Å². The zero-order valence-corrected chi connectivity index (χ0v) is 18.2. The average molecular weight is 491 g/mol. The first-order chi connectivity index (χ1) is 13.3. The third kappa shape index (κ3) is 3.92. The number of nitrogens with zero attached hydrogens (tertiary/aromatic N) is 1. The van der Waals surface area contributed by atoms with Crippen molar-refractivity contribution >= 4 is 49.2 Å². The number of halogens is 2. The summed E-state index contributed by atoms with van der Waals surface area (Å²) in [5.74, 6) is -0.258. The molecule has 10 heteroatoms. The van der Waals surface area contributed by atoms with Gasteiger partial charge in [-0.05, 0) is 43.3 Å². The Bertz CT molecular complexity index is 1010. The second-order valence-electron chi connectivity index (χ2n) is 5.80. The van der Waals surface area contributed by atoms with Crippen LogP contribution in [0.1, 0.15) is 6.92 Å². The van der Waals surface area contributed by atoms with Crippen molar-refractivity contribution in [2.45, 2.75) is 17.9 Å². The molecule has 1 unspecified atom stereocenters. The lowest BCUT2D eigenvalue weighted by Gasteiger charge is -2.34. The third-order valence-electron chi connectivity index (χ3n) is 4.03. The minimum absolute atomic E-state index is 0.113. The van der Waals surface area contributed by atoms with Gasteiger partial charge in [0.15, 0.2) is 0 Å². The van der Waals surface area contributed by atoms with Gasteiger partial charge in [-0.1, -0.05) is 27.5 Å². The summed E-state index contributed by atoms with van der Waals surface area (Å²) in [6, 6.07) is 9.19. The van der Waals surface area contributed by atoms with Crippen molar-refractivity contribution in [2.75, 3.05) is 24.6 Å². The lowest BCUT2D eigenvalue weighted by atomic mass is 10.2. The predicted octanol–water partition coefficient (Wildman–Crippen LogP) is 3.63. The van der Waals surface area contributed by atoms with Crippen LogP contribution in [0.25, 0.3) is 0 Å². The summed E-state index contributed by atoms with van der Waals surface area (Å²) in [5.41, 5.74) is 0.289. The number of sulfonamides is 1. The van der Waals surface area contributed by atoms with Gasteiger partial charge in [0.25, 0.3) is 10.0 Å². The van der Waals surface area contributed by atoms with Crippen LogP contribution in [0.15, 0.2) is 45.8 Å². The van der Waals surface area contributed by atoms with E-state index < -0.39 is 22.1 Å². The fraction of sp³-hybridized carbons (Fsp3) is 0.278. The Kier molecular flexibility index (Phi) is 6.07. The number of fused-ring (bicyclic) bond motifs is 1. The number of benzene rings is 2. The topological polar surface area (TPSA) is 82.1 Å². The Morgan fingerprint density at radius 1 is 1.32 bits per heavy atom. The summed E-state index contributed by atoms with van der Waals surface area (Å²) in [4.78, 5) is 12.1. The van der Waals surface area contributed by atoms with E-state index in [1.165, 1.54) is 25.3 Å². The van der Waals surface area contributed by atoms with Crippen molar-refractivity contribution in [3.63, 3.8) is 0 Å². The van der Waals surface area contributed by atoms with Gasteiger partial charge in [0, 0.05) is 9.50 Å². The molecule has 0 radical (unpaired) electrons. The maximum Gasteiger partial charge on any atom is 0.349 e. The average Bonchev–Trinajstić information content (AvgIpc) is 2.67. The molecule has 1 aliphatic heterocycles. The van der Waals surface area contributed by atoms with Crippen molar-refractivity contribution in [2.24, 2.45) is 0 Å². The van der Waals surface area contributed by atoms with Gasteiger partial charge in [-0.2, -0.15) is 0 Å². The molecule has 2 aromatic rings. The number of carbonyl (C=O) groups excluding carboxylic acids is 1. The number of hydrogen-bond acceptors (Lipinski definition) is 6. The molecule has 3 rings (SSSR count). The second kappa shape index (κ2) is 8.18.